The molecule has 0 aliphatic carbocycles. The Hall–Kier alpha value is -3.05. The second-order valence-corrected chi connectivity index (χ2v) is 9.34. The summed E-state index contributed by atoms with van der Waals surface area (Å²) in [7, 11) is 0. The molecule has 0 aromatic heterocycles. The van der Waals surface area contributed by atoms with E-state index in [0.717, 1.165) is 19.3 Å². The van der Waals surface area contributed by atoms with Crippen molar-refractivity contribution < 1.29 is 62.8 Å². The van der Waals surface area contributed by atoms with Crippen LogP contribution in [0.1, 0.15) is 32.1 Å². The maximum Gasteiger partial charge on any atom is 0.328 e. The van der Waals surface area contributed by atoms with Gasteiger partial charge in [-0.3, -0.25) is 34.0 Å². The number of carbonyl (C=O) groups excluding carboxylic acids is 5. The molecule has 266 valence electrons. The van der Waals surface area contributed by atoms with Crippen molar-refractivity contribution in [3.8, 4) is 0 Å². The van der Waals surface area contributed by atoms with E-state index < -0.39 is 5.91 Å². The van der Waals surface area contributed by atoms with Gasteiger partial charge in [-0.1, -0.05) is 19.6 Å². The number of hydroxylamine groups is 1. The lowest BCUT2D eigenvalue weighted by Crippen LogP contribution is -2.32. The fraction of sp³-hybridized carbons (Fsp3) is 0.760. The molecule has 0 rings (SSSR count). The van der Waals surface area contributed by atoms with Crippen molar-refractivity contribution in [1.82, 2.24) is 31.6 Å². The van der Waals surface area contributed by atoms with Crippen molar-refractivity contribution in [2.24, 2.45) is 0 Å². The van der Waals surface area contributed by atoms with Crippen LogP contribution in [0, 0.1) is 0 Å². The fourth-order valence-electron chi connectivity index (χ4n) is 3.12. The first-order chi connectivity index (χ1) is 22.2. The van der Waals surface area contributed by atoms with E-state index >= 15 is 0 Å². The number of rotatable bonds is 29. The van der Waals surface area contributed by atoms with Crippen LogP contribution in [0.2, 0.25) is 13.1 Å². The molecule has 0 spiro atoms. The summed E-state index contributed by atoms with van der Waals surface area (Å²) < 4.78 is 26.0. The van der Waals surface area contributed by atoms with E-state index in [2.05, 4.69) is 39.0 Å². The second-order valence-electron chi connectivity index (χ2n) is 9.15. The highest BCUT2D eigenvalue weighted by molar-refractivity contribution is 7.78. The molecule has 0 unspecified atom stereocenters. The van der Waals surface area contributed by atoms with Gasteiger partial charge in [0.05, 0.1) is 39.6 Å². The van der Waals surface area contributed by atoms with Crippen LogP contribution in [0.4, 0.5) is 0 Å². The first-order valence-electron chi connectivity index (χ1n) is 14.6. The predicted molar refractivity (Wildman–Crippen MR) is 167 cm³/mol. The summed E-state index contributed by atoms with van der Waals surface area (Å²) in [6.45, 7) is 4.16. The quantitative estimate of drug-likeness (QED) is 0.01000. The number of ether oxygens (including phenoxy) is 4. The second kappa shape index (κ2) is 34.8. The van der Waals surface area contributed by atoms with Crippen LogP contribution in [-0.4, -0.2) is 132 Å². The molecule has 0 fully saturated rings. The SMILES string of the molecule is CB(CC(=O)NCCCCCNC(=O)COCCOCCNC(=O)COCCOCCNC(=O)CCC(=O)NO)ONS.O=CO. The van der Waals surface area contributed by atoms with E-state index in [0.29, 0.717) is 19.6 Å². The average Bonchev–Trinajstić information content (AvgIpc) is 3.02. The van der Waals surface area contributed by atoms with Crippen LogP contribution in [0.5, 0.6) is 0 Å². The Labute approximate surface area is 274 Å². The molecule has 0 aliphatic rings. The van der Waals surface area contributed by atoms with E-state index in [-0.39, 0.29) is 116 Å². The van der Waals surface area contributed by atoms with E-state index in [1.165, 1.54) is 5.48 Å². The molecular formula is C25H49BN6O13S. The third kappa shape index (κ3) is 35.4. The van der Waals surface area contributed by atoms with Gasteiger partial charge in [0.2, 0.25) is 29.5 Å². The number of carboxylic acid groups (broad SMARTS) is 1. The number of carbonyl (C=O) groups is 6. The Morgan fingerprint density at radius 3 is 1.59 bits per heavy atom. The van der Waals surface area contributed by atoms with Crippen molar-refractivity contribution in [3.63, 3.8) is 0 Å². The lowest BCUT2D eigenvalue weighted by molar-refractivity contribution is -0.131. The minimum absolute atomic E-state index is 0.0387. The Morgan fingerprint density at radius 2 is 1.09 bits per heavy atom. The van der Waals surface area contributed by atoms with E-state index in [1.54, 1.807) is 6.82 Å². The van der Waals surface area contributed by atoms with Crippen molar-refractivity contribution in [3.05, 3.63) is 0 Å². The molecule has 0 saturated carbocycles. The third-order valence-electron chi connectivity index (χ3n) is 5.28. The number of amides is 5. The summed E-state index contributed by atoms with van der Waals surface area (Å²) >= 11 is 3.71. The fourth-order valence-corrected chi connectivity index (χ4v) is 3.30. The lowest BCUT2D eigenvalue weighted by atomic mass is 9.68. The van der Waals surface area contributed by atoms with Crippen molar-refractivity contribution in [1.29, 1.82) is 0 Å². The number of nitrogens with one attached hydrogen (secondary N) is 6. The summed E-state index contributed by atoms with van der Waals surface area (Å²) in [6.07, 6.45) is 2.55. The van der Waals surface area contributed by atoms with Crippen molar-refractivity contribution >= 4 is 55.7 Å². The molecule has 21 heteroatoms. The van der Waals surface area contributed by atoms with Crippen molar-refractivity contribution in [2.75, 3.05) is 79.0 Å². The molecule has 0 aromatic rings. The number of thiol groups is 1. The Morgan fingerprint density at radius 1 is 0.652 bits per heavy atom. The topological polar surface area (TPSA) is 261 Å². The zero-order chi connectivity index (χ0) is 34.7. The van der Waals surface area contributed by atoms with Crippen LogP contribution in [0.25, 0.3) is 0 Å². The number of hydrogen-bond donors (Lipinski definition) is 9. The molecular weight excluding hydrogens is 635 g/mol. The van der Waals surface area contributed by atoms with Crippen LogP contribution in [0.15, 0.2) is 0 Å². The van der Waals surface area contributed by atoms with Gasteiger partial charge in [0.1, 0.15) is 13.2 Å². The molecule has 0 bridgehead atoms. The Bertz CT molecular complexity index is 835. The lowest BCUT2D eigenvalue weighted by Gasteiger charge is -2.09. The predicted octanol–water partition coefficient (Wildman–Crippen LogP) is -2.34. The van der Waals surface area contributed by atoms with Crippen LogP contribution in [0.3, 0.4) is 0 Å². The molecule has 0 aromatic carbocycles. The summed E-state index contributed by atoms with van der Waals surface area (Å²) in [5.74, 6) is -1.58. The molecule has 8 N–H and O–H groups in total. The van der Waals surface area contributed by atoms with Crippen molar-refractivity contribution in [2.45, 2.75) is 45.2 Å². The summed E-state index contributed by atoms with van der Waals surface area (Å²) in [6, 6.07) is 0. The number of hydrogen-bond acceptors (Lipinski definition) is 14. The highest BCUT2D eigenvalue weighted by Gasteiger charge is 2.14. The smallest absolute Gasteiger partial charge is 0.328 e. The molecule has 0 heterocycles. The van der Waals surface area contributed by atoms with Crippen LogP contribution >= 0.6 is 12.8 Å². The van der Waals surface area contributed by atoms with E-state index in [4.69, 9.17) is 38.8 Å². The molecule has 46 heavy (non-hydrogen) atoms. The summed E-state index contributed by atoms with van der Waals surface area (Å²) in [4.78, 5) is 68.1. The molecule has 5 amide bonds. The van der Waals surface area contributed by atoms with Gasteiger partial charge in [-0.2, -0.15) is 4.89 Å². The molecule has 0 radical (unpaired) electrons. The van der Waals surface area contributed by atoms with E-state index in [1.807, 2.05) is 0 Å². The highest BCUT2D eigenvalue weighted by Crippen LogP contribution is 1.96. The maximum absolute atomic E-state index is 11.8. The zero-order valence-corrected chi connectivity index (χ0v) is 27.1. The molecule has 0 atom stereocenters. The van der Waals surface area contributed by atoms with E-state index in [9.17, 15) is 24.0 Å². The van der Waals surface area contributed by atoms with Gasteiger partial charge in [-0.05, 0) is 19.3 Å². The van der Waals surface area contributed by atoms with Crippen LogP contribution in [-0.2, 0) is 52.5 Å². The normalized spacial score (nSPS) is 10.2. The summed E-state index contributed by atoms with van der Waals surface area (Å²) in [5.41, 5.74) is 1.45. The standard InChI is InChI=1S/C24H47BN6O11S.CH2O2/c1-25(42-31-43)17-22(34)26-7-3-2-4-8-27-23(35)18-40-15-14-39-12-10-29-24(36)19-41-16-13-38-11-9-28-20(32)5-6-21(33)30-37;2-1-3/h31,37,43H,2-19H2,1H3,(H,26,34)(H,27,35)(H,28,32)(H,29,36)(H,30,33);1H,(H,2,3). The third-order valence-corrected chi connectivity index (χ3v) is 5.38. The van der Waals surface area contributed by atoms with Gasteiger partial charge in [0.15, 0.2) is 0 Å². The molecule has 0 aliphatic heterocycles. The van der Waals surface area contributed by atoms with Gasteiger partial charge in [-0.25, -0.2) is 5.48 Å². The Kier molecular flexibility index (Phi) is 34.1. The Balaban J connectivity index is 0. The average molecular weight is 685 g/mol. The van der Waals surface area contributed by atoms with Gasteiger partial charge in [0.25, 0.3) is 6.47 Å². The zero-order valence-electron chi connectivity index (χ0n) is 26.2. The monoisotopic (exact) mass is 684 g/mol. The molecule has 19 nitrogen and oxygen atoms in total. The number of unbranched alkanes of at least 4 members (excludes halogenated alkanes) is 2. The van der Waals surface area contributed by atoms with Gasteiger partial charge < -0.3 is 50.1 Å². The first-order valence-corrected chi connectivity index (χ1v) is 15.1. The van der Waals surface area contributed by atoms with Crippen LogP contribution < -0.4 is 31.6 Å². The maximum atomic E-state index is 11.8. The summed E-state index contributed by atoms with van der Waals surface area (Å²) in [5, 5.41) is 26.0. The van der Waals surface area contributed by atoms with Gasteiger partial charge in [-0.15, -0.1) is 0 Å². The minimum atomic E-state index is -0.634. The highest BCUT2D eigenvalue weighted by atomic mass is 32.1. The first kappa shape index (κ1) is 45.1. The molecule has 0 saturated heterocycles. The largest absolute Gasteiger partial charge is 0.483 e. The van der Waals surface area contributed by atoms with Gasteiger partial charge in [0, 0.05) is 45.3 Å². The minimum Gasteiger partial charge on any atom is -0.483 e. The van der Waals surface area contributed by atoms with Gasteiger partial charge >= 0.3 is 6.92 Å².